The van der Waals surface area contributed by atoms with Gasteiger partial charge in [-0.25, -0.2) is 0 Å². The Bertz CT molecular complexity index is 1070. The summed E-state index contributed by atoms with van der Waals surface area (Å²) in [5.41, 5.74) is 2.43. The average Bonchev–Trinajstić information content (AvgIpc) is 2.85. The van der Waals surface area contributed by atoms with E-state index in [1.807, 2.05) is 78.9 Å². The van der Waals surface area contributed by atoms with Crippen LogP contribution in [0.1, 0.15) is 12.0 Å². The molecule has 178 valence electrons. The van der Waals surface area contributed by atoms with Crippen LogP contribution in [0.5, 0.6) is 11.5 Å². The molecule has 0 aliphatic heterocycles. The van der Waals surface area contributed by atoms with E-state index in [9.17, 15) is 9.59 Å². The fourth-order valence-electron chi connectivity index (χ4n) is 3.23. The van der Waals surface area contributed by atoms with E-state index in [4.69, 9.17) is 9.47 Å². The van der Waals surface area contributed by atoms with Gasteiger partial charge >= 0.3 is 0 Å². The molecule has 7 nitrogen and oxygen atoms in total. The van der Waals surface area contributed by atoms with Crippen LogP contribution in [0, 0.1) is 0 Å². The van der Waals surface area contributed by atoms with Crippen molar-refractivity contribution < 1.29 is 19.1 Å². The van der Waals surface area contributed by atoms with Gasteiger partial charge in [0.25, 0.3) is 0 Å². The highest BCUT2D eigenvalue weighted by atomic mass is 16.5. The summed E-state index contributed by atoms with van der Waals surface area (Å²) < 4.78 is 11.5. The molecule has 0 spiro atoms. The molecule has 2 N–H and O–H groups in total. The monoisotopic (exact) mass is 461 g/mol. The number of anilines is 2. The molecule has 3 aromatic rings. The van der Waals surface area contributed by atoms with Crippen LogP contribution in [0.2, 0.25) is 0 Å². The van der Waals surface area contributed by atoms with Gasteiger partial charge in [0.15, 0.2) is 0 Å². The van der Waals surface area contributed by atoms with Crippen LogP contribution in [-0.4, -0.2) is 50.6 Å². The Labute approximate surface area is 200 Å². The minimum absolute atomic E-state index is 0.0751. The van der Waals surface area contributed by atoms with E-state index in [0.717, 1.165) is 17.0 Å². The second kappa shape index (κ2) is 12.9. The molecule has 0 unspecified atom stereocenters. The summed E-state index contributed by atoms with van der Waals surface area (Å²) in [6, 6.07) is 24.6. The molecule has 0 heterocycles. The van der Waals surface area contributed by atoms with E-state index in [1.165, 1.54) is 0 Å². The molecule has 3 rings (SSSR count). The van der Waals surface area contributed by atoms with E-state index in [-0.39, 0.29) is 18.4 Å². The zero-order chi connectivity index (χ0) is 24.2. The fourth-order valence-corrected chi connectivity index (χ4v) is 3.23. The van der Waals surface area contributed by atoms with Crippen molar-refractivity contribution in [1.82, 2.24) is 4.90 Å². The average molecular weight is 462 g/mol. The van der Waals surface area contributed by atoms with Crippen molar-refractivity contribution in [2.75, 3.05) is 44.5 Å². The van der Waals surface area contributed by atoms with Gasteiger partial charge < -0.3 is 25.0 Å². The first-order valence-corrected chi connectivity index (χ1v) is 11.2. The number of carbonyl (C=O) groups excluding carboxylic acids is 2. The predicted octanol–water partition coefficient (Wildman–Crippen LogP) is 4.22. The molecule has 0 aliphatic carbocycles. The number of hydrogen-bond acceptors (Lipinski definition) is 5. The standard InChI is InChI=1S/C27H31N3O4/c1-30(2)27(32)16-15-21-9-8-10-22(19-21)29-26(31)20-28-24-13-6-7-14-25(24)34-18-17-33-23-11-4-3-5-12-23/h3-14,19,28H,15-18,20H2,1-2H3,(H,29,31). The lowest BCUT2D eigenvalue weighted by Crippen LogP contribution is -2.22. The SMILES string of the molecule is CN(C)C(=O)CCc1cccc(NC(=O)CNc2ccccc2OCCOc2ccccc2)c1. The molecule has 0 saturated carbocycles. The second-order valence-electron chi connectivity index (χ2n) is 7.90. The van der Waals surface area contributed by atoms with Gasteiger partial charge in [0.1, 0.15) is 24.7 Å². The zero-order valence-corrected chi connectivity index (χ0v) is 19.6. The number of nitrogens with zero attached hydrogens (tertiary/aromatic N) is 1. The van der Waals surface area contributed by atoms with Gasteiger partial charge in [0.05, 0.1) is 12.2 Å². The first kappa shape index (κ1) is 24.6. The maximum absolute atomic E-state index is 12.5. The van der Waals surface area contributed by atoms with Crippen molar-refractivity contribution in [3.8, 4) is 11.5 Å². The van der Waals surface area contributed by atoms with Crippen LogP contribution >= 0.6 is 0 Å². The Morgan fingerprint density at radius 2 is 1.59 bits per heavy atom. The maximum Gasteiger partial charge on any atom is 0.243 e. The lowest BCUT2D eigenvalue weighted by Gasteiger charge is -2.14. The van der Waals surface area contributed by atoms with E-state index >= 15 is 0 Å². The number of amides is 2. The summed E-state index contributed by atoms with van der Waals surface area (Å²) in [4.78, 5) is 25.9. The van der Waals surface area contributed by atoms with Crippen molar-refractivity contribution in [2.45, 2.75) is 12.8 Å². The van der Waals surface area contributed by atoms with Gasteiger partial charge in [-0.3, -0.25) is 9.59 Å². The molecule has 0 atom stereocenters. The fraction of sp³-hybridized carbons (Fsp3) is 0.259. The molecule has 0 radical (unpaired) electrons. The quantitative estimate of drug-likeness (QED) is 0.395. The van der Waals surface area contributed by atoms with E-state index < -0.39 is 0 Å². The maximum atomic E-state index is 12.5. The first-order chi connectivity index (χ1) is 16.5. The van der Waals surface area contributed by atoms with Gasteiger partial charge in [-0.15, -0.1) is 0 Å². The summed E-state index contributed by atoms with van der Waals surface area (Å²) in [6.07, 6.45) is 1.05. The van der Waals surface area contributed by atoms with Crippen molar-refractivity contribution in [3.63, 3.8) is 0 Å². The highest BCUT2D eigenvalue weighted by Crippen LogP contribution is 2.23. The van der Waals surface area contributed by atoms with Crippen LogP contribution in [0.15, 0.2) is 78.9 Å². The highest BCUT2D eigenvalue weighted by molar-refractivity contribution is 5.94. The number of carbonyl (C=O) groups is 2. The number of hydrogen-bond donors (Lipinski definition) is 2. The Morgan fingerprint density at radius 3 is 2.38 bits per heavy atom. The van der Waals surface area contributed by atoms with Gasteiger partial charge in [-0.1, -0.05) is 42.5 Å². The van der Waals surface area contributed by atoms with Gasteiger partial charge in [-0.2, -0.15) is 0 Å². The van der Waals surface area contributed by atoms with Crippen molar-refractivity contribution in [1.29, 1.82) is 0 Å². The molecule has 7 heteroatoms. The smallest absolute Gasteiger partial charge is 0.243 e. The van der Waals surface area contributed by atoms with E-state index in [1.54, 1.807) is 19.0 Å². The molecule has 0 saturated heterocycles. The summed E-state index contributed by atoms with van der Waals surface area (Å²) in [5, 5.41) is 6.03. The third kappa shape index (κ3) is 8.16. The predicted molar refractivity (Wildman–Crippen MR) is 134 cm³/mol. The lowest BCUT2D eigenvalue weighted by atomic mass is 10.1. The van der Waals surface area contributed by atoms with Crippen LogP contribution < -0.4 is 20.1 Å². The largest absolute Gasteiger partial charge is 0.490 e. The molecular formula is C27H31N3O4. The minimum atomic E-state index is -0.177. The molecule has 0 aliphatic rings. The van der Waals surface area contributed by atoms with Crippen LogP contribution in [0.3, 0.4) is 0 Å². The topological polar surface area (TPSA) is 79.9 Å². The number of nitrogens with one attached hydrogen (secondary N) is 2. The molecule has 0 aromatic heterocycles. The molecule has 34 heavy (non-hydrogen) atoms. The highest BCUT2D eigenvalue weighted by Gasteiger charge is 2.08. The molecular weight excluding hydrogens is 430 g/mol. The van der Waals surface area contributed by atoms with Gasteiger partial charge in [-0.05, 0) is 48.4 Å². The Balaban J connectivity index is 1.46. The second-order valence-corrected chi connectivity index (χ2v) is 7.90. The number of ether oxygens (including phenoxy) is 2. The van der Waals surface area contributed by atoms with Gasteiger partial charge in [0, 0.05) is 26.2 Å². The number of aryl methyl sites for hydroxylation is 1. The molecule has 0 fully saturated rings. The summed E-state index contributed by atoms with van der Waals surface area (Å²) >= 11 is 0. The first-order valence-electron chi connectivity index (χ1n) is 11.2. The summed E-state index contributed by atoms with van der Waals surface area (Å²) in [6.45, 7) is 0.877. The van der Waals surface area contributed by atoms with E-state index in [0.29, 0.717) is 37.5 Å². The van der Waals surface area contributed by atoms with Crippen molar-refractivity contribution in [3.05, 3.63) is 84.4 Å². The third-order valence-corrected chi connectivity index (χ3v) is 5.02. The van der Waals surface area contributed by atoms with Crippen molar-refractivity contribution >= 4 is 23.2 Å². The molecule has 2 amide bonds. The lowest BCUT2D eigenvalue weighted by molar-refractivity contribution is -0.128. The Morgan fingerprint density at radius 1 is 0.853 bits per heavy atom. The Hall–Kier alpha value is -4.00. The normalized spacial score (nSPS) is 10.3. The van der Waals surface area contributed by atoms with Crippen LogP contribution in [-0.2, 0) is 16.0 Å². The third-order valence-electron chi connectivity index (χ3n) is 5.02. The number of para-hydroxylation sites is 3. The summed E-state index contributed by atoms with van der Waals surface area (Å²) in [7, 11) is 3.49. The summed E-state index contributed by atoms with van der Waals surface area (Å²) in [5.74, 6) is 1.34. The zero-order valence-electron chi connectivity index (χ0n) is 19.6. The van der Waals surface area contributed by atoms with Crippen LogP contribution in [0.25, 0.3) is 0 Å². The van der Waals surface area contributed by atoms with Crippen LogP contribution in [0.4, 0.5) is 11.4 Å². The van der Waals surface area contributed by atoms with Gasteiger partial charge in [0.2, 0.25) is 11.8 Å². The van der Waals surface area contributed by atoms with E-state index in [2.05, 4.69) is 10.6 Å². The number of benzene rings is 3. The number of rotatable bonds is 12. The molecule has 0 bridgehead atoms. The minimum Gasteiger partial charge on any atom is -0.490 e. The van der Waals surface area contributed by atoms with Crippen molar-refractivity contribution in [2.24, 2.45) is 0 Å². The Kier molecular flexibility index (Phi) is 9.34. The molecule has 3 aromatic carbocycles.